The van der Waals surface area contributed by atoms with Crippen molar-refractivity contribution in [3.05, 3.63) is 59.7 Å². The van der Waals surface area contributed by atoms with Crippen LogP contribution in [-0.4, -0.2) is 55.1 Å². The molecule has 0 bridgehead atoms. The van der Waals surface area contributed by atoms with Crippen molar-refractivity contribution in [3.8, 4) is 0 Å². The summed E-state index contributed by atoms with van der Waals surface area (Å²) < 4.78 is 37.7. The highest BCUT2D eigenvalue weighted by atomic mass is 32.1. The summed E-state index contributed by atoms with van der Waals surface area (Å²) in [5, 5.41) is 2.57. The first kappa shape index (κ1) is 22.5. The number of benzene rings is 2. The van der Waals surface area contributed by atoms with Crippen molar-refractivity contribution in [2.24, 2.45) is 0 Å². The third-order valence-electron chi connectivity index (χ3n) is 4.49. The predicted molar refractivity (Wildman–Crippen MR) is 114 cm³/mol. The number of carbonyl (C=O) groups is 2. The second kappa shape index (κ2) is 9.34. The Morgan fingerprint density at radius 3 is 2.39 bits per heavy atom. The standard InChI is InChI=1S/C21H21F3N4O2S/c1-27(11-14-7-9-15(10-8-14)19(30)25-13-21(22,23)24)18(29)12-28(2)20-26-16-5-3-4-6-17(16)31-20/h3-10H,11-13H2,1-2H3,(H,25,30). The number of hydrogen-bond donors (Lipinski definition) is 1. The Morgan fingerprint density at radius 2 is 1.74 bits per heavy atom. The van der Waals surface area contributed by atoms with Crippen molar-refractivity contribution < 1.29 is 22.8 Å². The summed E-state index contributed by atoms with van der Waals surface area (Å²) in [5.74, 6) is -0.917. The number of para-hydroxylation sites is 1. The van der Waals surface area contributed by atoms with Crippen LogP contribution in [0.2, 0.25) is 0 Å². The van der Waals surface area contributed by atoms with Crippen LogP contribution in [0.25, 0.3) is 10.2 Å². The zero-order valence-corrected chi connectivity index (χ0v) is 17.8. The number of nitrogens with zero attached hydrogens (tertiary/aromatic N) is 3. The summed E-state index contributed by atoms with van der Waals surface area (Å²) in [4.78, 5) is 32.2. The second-order valence-electron chi connectivity index (χ2n) is 7.06. The van der Waals surface area contributed by atoms with Crippen molar-refractivity contribution in [3.63, 3.8) is 0 Å². The Balaban J connectivity index is 1.54. The van der Waals surface area contributed by atoms with Crippen LogP contribution in [0.3, 0.4) is 0 Å². The average Bonchev–Trinajstić information content (AvgIpc) is 3.16. The molecular weight excluding hydrogens is 429 g/mol. The molecule has 0 unspecified atom stereocenters. The van der Waals surface area contributed by atoms with Gasteiger partial charge in [0.1, 0.15) is 6.54 Å². The van der Waals surface area contributed by atoms with Crippen LogP contribution in [-0.2, 0) is 11.3 Å². The second-order valence-corrected chi connectivity index (χ2v) is 8.07. The van der Waals surface area contributed by atoms with Crippen LogP contribution in [0.15, 0.2) is 48.5 Å². The molecule has 31 heavy (non-hydrogen) atoms. The summed E-state index contributed by atoms with van der Waals surface area (Å²) in [6, 6.07) is 13.9. The molecule has 0 saturated heterocycles. The highest BCUT2D eigenvalue weighted by Crippen LogP contribution is 2.27. The van der Waals surface area contributed by atoms with E-state index in [9.17, 15) is 22.8 Å². The van der Waals surface area contributed by atoms with Gasteiger partial charge < -0.3 is 15.1 Å². The number of anilines is 1. The van der Waals surface area contributed by atoms with Gasteiger partial charge in [0.25, 0.3) is 5.91 Å². The van der Waals surface area contributed by atoms with Gasteiger partial charge in [-0.3, -0.25) is 9.59 Å². The first-order chi connectivity index (χ1) is 14.6. The molecule has 3 aromatic rings. The fourth-order valence-electron chi connectivity index (χ4n) is 2.82. The third-order valence-corrected chi connectivity index (χ3v) is 5.64. The van der Waals surface area contributed by atoms with Gasteiger partial charge in [-0.2, -0.15) is 13.2 Å². The van der Waals surface area contributed by atoms with Gasteiger partial charge in [-0.1, -0.05) is 35.6 Å². The summed E-state index contributed by atoms with van der Waals surface area (Å²) in [7, 11) is 3.47. The maximum absolute atomic E-state index is 12.6. The minimum Gasteiger partial charge on any atom is -0.343 e. The molecule has 2 amide bonds. The number of aromatic nitrogens is 1. The molecular formula is C21H21F3N4O2S. The normalized spacial score (nSPS) is 11.4. The summed E-state index contributed by atoms with van der Waals surface area (Å²) in [6.07, 6.45) is -4.46. The zero-order valence-electron chi connectivity index (χ0n) is 16.9. The van der Waals surface area contributed by atoms with Gasteiger partial charge in [0.15, 0.2) is 5.13 Å². The fraction of sp³-hybridized carbons (Fsp3) is 0.286. The number of thiazole rings is 1. The van der Waals surface area contributed by atoms with Crippen molar-refractivity contribution in [1.29, 1.82) is 0 Å². The van der Waals surface area contributed by atoms with Gasteiger partial charge in [-0.25, -0.2) is 4.98 Å². The Hall–Kier alpha value is -3.14. The summed E-state index contributed by atoms with van der Waals surface area (Å²) >= 11 is 1.51. The highest BCUT2D eigenvalue weighted by Gasteiger charge is 2.27. The quantitative estimate of drug-likeness (QED) is 0.597. The molecule has 6 nitrogen and oxygen atoms in total. The fourth-order valence-corrected chi connectivity index (χ4v) is 3.75. The molecule has 1 aromatic heterocycles. The molecule has 0 aliphatic carbocycles. The van der Waals surface area contributed by atoms with Crippen molar-refractivity contribution in [2.75, 3.05) is 32.1 Å². The van der Waals surface area contributed by atoms with Crippen molar-refractivity contribution in [2.45, 2.75) is 12.7 Å². The number of rotatable bonds is 7. The van der Waals surface area contributed by atoms with Gasteiger partial charge in [0.05, 0.1) is 16.8 Å². The number of amides is 2. The van der Waals surface area contributed by atoms with Crippen LogP contribution < -0.4 is 10.2 Å². The van der Waals surface area contributed by atoms with Crippen LogP contribution in [0.1, 0.15) is 15.9 Å². The van der Waals surface area contributed by atoms with Crippen LogP contribution in [0.4, 0.5) is 18.3 Å². The lowest BCUT2D eigenvalue weighted by molar-refractivity contribution is -0.129. The first-order valence-electron chi connectivity index (χ1n) is 9.37. The number of likely N-dealkylation sites (N-methyl/N-ethyl adjacent to an activating group) is 2. The molecule has 3 rings (SSSR count). The Morgan fingerprint density at radius 1 is 1.06 bits per heavy atom. The molecule has 0 aliphatic rings. The van der Waals surface area contributed by atoms with Crippen molar-refractivity contribution in [1.82, 2.24) is 15.2 Å². The summed E-state index contributed by atoms with van der Waals surface area (Å²) in [6.45, 7) is -0.932. The van der Waals surface area contributed by atoms with E-state index in [0.29, 0.717) is 6.54 Å². The van der Waals surface area contributed by atoms with Gasteiger partial charge in [0.2, 0.25) is 5.91 Å². The number of hydrogen-bond acceptors (Lipinski definition) is 5. The Bertz CT molecular complexity index is 1030. The first-order valence-corrected chi connectivity index (χ1v) is 10.2. The van der Waals surface area contributed by atoms with Gasteiger partial charge in [-0.15, -0.1) is 0 Å². The van der Waals surface area contributed by atoms with Crippen molar-refractivity contribution >= 4 is 38.5 Å². The molecule has 0 atom stereocenters. The SMILES string of the molecule is CN(Cc1ccc(C(=O)NCC(F)(F)F)cc1)C(=O)CN(C)c1nc2ccccc2s1. The van der Waals surface area contributed by atoms with Crippen LogP contribution >= 0.6 is 11.3 Å². The number of nitrogens with one attached hydrogen (secondary N) is 1. The van der Waals surface area contributed by atoms with Crippen LogP contribution in [0.5, 0.6) is 0 Å². The molecule has 1 heterocycles. The average molecular weight is 450 g/mol. The van der Waals surface area contributed by atoms with Gasteiger partial charge >= 0.3 is 6.18 Å². The predicted octanol–water partition coefficient (Wildman–Crippen LogP) is 3.68. The maximum atomic E-state index is 12.6. The van der Waals surface area contributed by atoms with E-state index in [1.54, 1.807) is 36.0 Å². The maximum Gasteiger partial charge on any atom is 0.405 e. The monoisotopic (exact) mass is 450 g/mol. The molecule has 2 aromatic carbocycles. The zero-order chi connectivity index (χ0) is 22.6. The smallest absolute Gasteiger partial charge is 0.343 e. The number of alkyl halides is 3. The van der Waals surface area contributed by atoms with E-state index in [1.165, 1.54) is 23.5 Å². The summed E-state index contributed by atoms with van der Waals surface area (Å²) in [5.41, 5.74) is 1.76. The molecule has 164 valence electrons. The van der Waals surface area contributed by atoms with E-state index in [1.807, 2.05) is 29.6 Å². The van der Waals surface area contributed by atoms with Gasteiger partial charge in [0, 0.05) is 26.2 Å². The third kappa shape index (κ3) is 6.17. The van der Waals surface area contributed by atoms with E-state index in [2.05, 4.69) is 4.98 Å². The van der Waals surface area contributed by atoms with E-state index < -0.39 is 18.6 Å². The number of fused-ring (bicyclic) bond motifs is 1. The number of carbonyl (C=O) groups excluding carboxylic acids is 2. The van der Waals surface area contributed by atoms with E-state index in [0.717, 1.165) is 20.9 Å². The molecule has 0 radical (unpaired) electrons. The van der Waals surface area contributed by atoms with Crippen LogP contribution in [0, 0.1) is 0 Å². The molecule has 0 aliphatic heterocycles. The lowest BCUT2D eigenvalue weighted by Gasteiger charge is -2.21. The lowest BCUT2D eigenvalue weighted by atomic mass is 10.1. The largest absolute Gasteiger partial charge is 0.405 e. The van der Waals surface area contributed by atoms with E-state index in [-0.39, 0.29) is 18.0 Å². The van der Waals surface area contributed by atoms with E-state index >= 15 is 0 Å². The molecule has 0 fully saturated rings. The minimum absolute atomic E-state index is 0.117. The molecule has 0 saturated carbocycles. The minimum atomic E-state index is -4.46. The Labute approximate surface area is 181 Å². The number of halogens is 3. The molecule has 1 N–H and O–H groups in total. The highest BCUT2D eigenvalue weighted by molar-refractivity contribution is 7.22. The molecule has 0 spiro atoms. The van der Waals surface area contributed by atoms with E-state index in [4.69, 9.17) is 0 Å². The lowest BCUT2D eigenvalue weighted by Crippen LogP contribution is -2.36. The topological polar surface area (TPSA) is 65.5 Å². The van der Waals surface area contributed by atoms with Gasteiger partial charge in [-0.05, 0) is 29.8 Å². The molecule has 10 heteroatoms. The Kier molecular flexibility index (Phi) is 6.79.